The highest BCUT2D eigenvalue weighted by atomic mass is 16.5. The maximum atomic E-state index is 12.7. The lowest BCUT2D eigenvalue weighted by molar-refractivity contribution is -0.121. The van der Waals surface area contributed by atoms with Crippen molar-refractivity contribution in [3.05, 3.63) is 60.5 Å². The molecule has 0 bridgehead atoms. The number of benzene rings is 2. The molecule has 1 saturated heterocycles. The number of carbonyl (C=O) groups excluding carboxylic acids is 1. The molecule has 0 radical (unpaired) electrons. The molecule has 0 saturated carbocycles. The van der Waals surface area contributed by atoms with Crippen LogP contribution in [0, 0.1) is 5.92 Å². The molecule has 0 atom stereocenters. The van der Waals surface area contributed by atoms with Crippen molar-refractivity contribution in [2.45, 2.75) is 26.3 Å². The van der Waals surface area contributed by atoms with Gasteiger partial charge in [0.2, 0.25) is 17.6 Å². The topological polar surface area (TPSA) is 80.5 Å². The maximum Gasteiger partial charge on any atom is 0.241 e. The standard InChI is InChI=1S/C23H26N4O3/c1-2-29-20-11-7-6-10-19(20)24-23(28)18-12-14-27(15-13-18)16-21-25-22(26-30-21)17-8-4-3-5-9-17/h3-11,18H,2,12-16H2,1H3,(H,24,28). The molecule has 0 spiro atoms. The number of anilines is 1. The second kappa shape index (κ2) is 9.54. The van der Waals surface area contributed by atoms with Crippen molar-refractivity contribution in [2.24, 2.45) is 5.92 Å². The van der Waals surface area contributed by atoms with Crippen LogP contribution in [-0.4, -0.2) is 40.6 Å². The van der Waals surface area contributed by atoms with E-state index in [1.807, 2.05) is 61.5 Å². The number of para-hydroxylation sites is 2. The van der Waals surface area contributed by atoms with E-state index in [4.69, 9.17) is 9.26 Å². The van der Waals surface area contributed by atoms with Crippen LogP contribution in [0.2, 0.25) is 0 Å². The Kier molecular flexibility index (Phi) is 6.39. The lowest BCUT2D eigenvalue weighted by Crippen LogP contribution is -2.37. The van der Waals surface area contributed by atoms with E-state index in [1.165, 1.54) is 0 Å². The van der Waals surface area contributed by atoms with Gasteiger partial charge in [-0.15, -0.1) is 0 Å². The van der Waals surface area contributed by atoms with Crippen LogP contribution in [-0.2, 0) is 11.3 Å². The number of piperidine rings is 1. The summed E-state index contributed by atoms with van der Waals surface area (Å²) in [6.45, 7) is 4.72. The molecule has 1 aliphatic rings. The van der Waals surface area contributed by atoms with E-state index < -0.39 is 0 Å². The van der Waals surface area contributed by atoms with E-state index in [1.54, 1.807) is 0 Å². The van der Waals surface area contributed by atoms with Gasteiger partial charge in [0.05, 0.1) is 18.8 Å². The fourth-order valence-electron chi connectivity index (χ4n) is 3.65. The molecule has 7 nitrogen and oxygen atoms in total. The van der Waals surface area contributed by atoms with Gasteiger partial charge in [0, 0.05) is 11.5 Å². The minimum atomic E-state index is -0.0153. The average Bonchev–Trinajstić information content (AvgIpc) is 3.25. The summed E-state index contributed by atoms with van der Waals surface area (Å²) in [6, 6.07) is 17.3. The van der Waals surface area contributed by atoms with E-state index in [9.17, 15) is 4.79 Å². The Morgan fingerprint density at radius 2 is 1.87 bits per heavy atom. The first kappa shape index (κ1) is 20.1. The Balaban J connectivity index is 1.29. The van der Waals surface area contributed by atoms with Crippen LogP contribution in [0.5, 0.6) is 5.75 Å². The zero-order valence-electron chi connectivity index (χ0n) is 17.1. The lowest BCUT2D eigenvalue weighted by Gasteiger charge is -2.30. The summed E-state index contributed by atoms with van der Waals surface area (Å²) in [6.07, 6.45) is 1.59. The van der Waals surface area contributed by atoms with Gasteiger partial charge < -0.3 is 14.6 Å². The fourth-order valence-corrected chi connectivity index (χ4v) is 3.65. The molecule has 156 valence electrons. The second-order valence-corrected chi connectivity index (χ2v) is 7.35. The largest absolute Gasteiger partial charge is 0.492 e. The van der Waals surface area contributed by atoms with Crippen molar-refractivity contribution < 1.29 is 14.1 Å². The molecule has 4 rings (SSSR count). The number of ether oxygens (including phenoxy) is 1. The molecule has 0 unspecified atom stereocenters. The van der Waals surface area contributed by atoms with Crippen molar-refractivity contribution in [1.82, 2.24) is 15.0 Å². The lowest BCUT2D eigenvalue weighted by atomic mass is 9.96. The van der Waals surface area contributed by atoms with Crippen LogP contribution in [0.1, 0.15) is 25.7 Å². The molecule has 1 aromatic heterocycles. The van der Waals surface area contributed by atoms with Gasteiger partial charge in [-0.2, -0.15) is 4.98 Å². The molecule has 3 aromatic rings. The predicted octanol–water partition coefficient (Wildman–Crippen LogP) is 3.99. The third kappa shape index (κ3) is 4.86. The number of likely N-dealkylation sites (tertiary alicyclic amines) is 1. The van der Waals surface area contributed by atoms with Gasteiger partial charge in [0.1, 0.15) is 5.75 Å². The zero-order valence-corrected chi connectivity index (χ0v) is 17.1. The second-order valence-electron chi connectivity index (χ2n) is 7.35. The maximum absolute atomic E-state index is 12.7. The summed E-state index contributed by atoms with van der Waals surface area (Å²) in [4.78, 5) is 19.5. The van der Waals surface area contributed by atoms with E-state index in [0.29, 0.717) is 30.6 Å². The molecule has 1 amide bonds. The number of hydrogen-bond donors (Lipinski definition) is 1. The summed E-state index contributed by atoms with van der Waals surface area (Å²) in [5.41, 5.74) is 1.67. The average molecular weight is 406 g/mol. The monoisotopic (exact) mass is 406 g/mol. The summed E-state index contributed by atoms with van der Waals surface area (Å²) in [5.74, 6) is 1.94. The first-order valence-corrected chi connectivity index (χ1v) is 10.4. The van der Waals surface area contributed by atoms with Crippen molar-refractivity contribution >= 4 is 11.6 Å². The Hall–Kier alpha value is -3.19. The minimum Gasteiger partial charge on any atom is -0.492 e. The Morgan fingerprint density at radius 1 is 1.13 bits per heavy atom. The van der Waals surface area contributed by atoms with Gasteiger partial charge in [-0.1, -0.05) is 47.6 Å². The van der Waals surface area contributed by atoms with Crippen LogP contribution < -0.4 is 10.1 Å². The van der Waals surface area contributed by atoms with Crippen molar-refractivity contribution in [3.8, 4) is 17.1 Å². The SMILES string of the molecule is CCOc1ccccc1NC(=O)C1CCN(Cc2nc(-c3ccccc3)no2)CC1. The molecule has 2 aromatic carbocycles. The van der Waals surface area contributed by atoms with Crippen LogP contribution in [0.4, 0.5) is 5.69 Å². The number of rotatable bonds is 7. The molecule has 7 heteroatoms. The molecule has 1 fully saturated rings. The molecular weight excluding hydrogens is 380 g/mol. The van der Waals surface area contributed by atoms with Crippen LogP contribution in [0.25, 0.3) is 11.4 Å². The fraction of sp³-hybridized carbons (Fsp3) is 0.348. The molecule has 1 aliphatic heterocycles. The number of carbonyl (C=O) groups is 1. The number of amides is 1. The number of aromatic nitrogens is 2. The van der Waals surface area contributed by atoms with Crippen LogP contribution >= 0.6 is 0 Å². The summed E-state index contributed by atoms with van der Waals surface area (Å²) in [7, 11) is 0. The van der Waals surface area contributed by atoms with E-state index in [-0.39, 0.29) is 11.8 Å². The summed E-state index contributed by atoms with van der Waals surface area (Å²) >= 11 is 0. The third-order valence-electron chi connectivity index (χ3n) is 5.26. The molecule has 30 heavy (non-hydrogen) atoms. The van der Waals surface area contributed by atoms with E-state index >= 15 is 0 Å². The van der Waals surface area contributed by atoms with Crippen molar-refractivity contribution in [2.75, 3.05) is 25.0 Å². The van der Waals surface area contributed by atoms with Crippen LogP contribution in [0.3, 0.4) is 0 Å². The first-order valence-electron chi connectivity index (χ1n) is 10.4. The highest BCUT2D eigenvalue weighted by Crippen LogP contribution is 2.26. The summed E-state index contributed by atoms with van der Waals surface area (Å²) < 4.78 is 11.0. The summed E-state index contributed by atoms with van der Waals surface area (Å²) in [5, 5.41) is 7.10. The van der Waals surface area contributed by atoms with Crippen molar-refractivity contribution in [1.29, 1.82) is 0 Å². The smallest absolute Gasteiger partial charge is 0.241 e. The zero-order chi connectivity index (χ0) is 20.8. The molecular formula is C23H26N4O3. The van der Waals surface area contributed by atoms with Crippen LogP contribution in [0.15, 0.2) is 59.1 Å². The third-order valence-corrected chi connectivity index (χ3v) is 5.26. The molecule has 1 N–H and O–H groups in total. The van der Waals surface area contributed by atoms with Gasteiger partial charge in [-0.05, 0) is 45.0 Å². The number of nitrogens with one attached hydrogen (secondary N) is 1. The van der Waals surface area contributed by atoms with E-state index in [0.717, 1.165) is 37.2 Å². The Bertz CT molecular complexity index is 965. The minimum absolute atomic E-state index is 0.0153. The Morgan fingerprint density at radius 3 is 2.63 bits per heavy atom. The number of nitrogens with zero attached hydrogens (tertiary/aromatic N) is 3. The van der Waals surface area contributed by atoms with Gasteiger partial charge in [0.25, 0.3) is 0 Å². The molecule has 2 heterocycles. The van der Waals surface area contributed by atoms with Gasteiger partial charge in [-0.3, -0.25) is 9.69 Å². The normalized spacial score (nSPS) is 15.1. The first-order chi connectivity index (χ1) is 14.7. The highest BCUT2D eigenvalue weighted by molar-refractivity contribution is 5.94. The quantitative estimate of drug-likeness (QED) is 0.639. The highest BCUT2D eigenvalue weighted by Gasteiger charge is 2.26. The van der Waals surface area contributed by atoms with Gasteiger partial charge in [0.15, 0.2) is 0 Å². The number of hydrogen-bond acceptors (Lipinski definition) is 6. The Labute approximate surface area is 176 Å². The van der Waals surface area contributed by atoms with Gasteiger partial charge >= 0.3 is 0 Å². The van der Waals surface area contributed by atoms with E-state index in [2.05, 4.69) is 20.4 Å². The molecule has 0 aliphatic carbocycles. The van der Waals surface area contributed by atoms with Gasteiger partial charge in [-0.25, -0.2) is 0 Å². The predicted molar refractivity (Wildman–Crippen MR) is 114 cm³/mol. The van der Waals surface area contributed by atoms with Crippen molar-refractivity contribution in [3.63, 3.8) is 0 Å².